The van der Waals surface area contributed by atoms with Gasteiger partial charge in [0.05, 0.1) is 10.7 Å². The van der Waals surface area contributed by atoms with Gasteiger partial charge in [0.15, 0.2) is 0 Å². The van der Waals surface area contributed by atoms with E-state index in [1.165, 1.54) is 0 Å². The van der Waals surface area contributed by atoms with E-state index < -0.39 is 0 Å². The van der Waals surface area contributed by atoms with Gasteiger partial charge in [-0.1, -0.05) is 29.8 Å². The first-order chi connectivity index (χ1) is 12.1. The number of benzene rings is 2. The minimum absolute atomic E-state index is 0.00954. The maximum Gasteiger partial charge on any atom is 0.251 e. The molecule has 0 aromatic heterocycles. The van der Waals surface area contributed by atoms with Gasteiger partial charge in [0.25, 0.3) is 5.91 Å². The highest BCUT2D eigenvalue weighted by Crippen LogP contribution is 2.29. The zero-order chi connectivity index (χ0) is 17.8. The number of hydrogen-bond acceptors (Lipinski definition) is 3. The van der Waals surface area contributed by atoms with E-state index in [2.05, 4.69) is 10.6 Å². The molecule has 25 heavy (non-hydrogen) atoms. The third kappa shape index (κ3) is 3.77. The zero-order valence-electron chi connectivity index (χ0n) is 14.0. The number of amides is 2. The summed E-state index contributed by atoms with van der Waals surface area (Å²) in [4.78, 5) is 26.4. The molecule has 2 N–H and O–H groups in total. The molecule has 1 fully saturated rings. The Balaban J connectivity index is 1.78. The molecule has 6 heteroatoms. The first-order valence-corrected chi connectivity index (χ1v) is 8.62. The van der Waals surface area contributed by atoms with Crippen LogP contribution in [0, 0.1) is 0 Å². The van der Waals surface area contributed by atoms with Gasteiger partial charge in [0.1, 0.15) is 6.04 Å². The van der Waals surface area contributed by atoms with Gasteiger partial charge in [-0.15, -0.1) is 0 Å². The predicted octanol–water partition coefficient (Wildman–Crippen LogP) is 3.31. The van der Waals surface area contributed by atoms with E-state index in [0.717, 1.165) is 24.2 Å². The van der Waals surface area contributed by atoms with Crippen LogP contribution in [-0.2, 0) is 4.79 Å². The van der Waals surface area contributed by atoms with E-state index in [0.29, 0.717) is 17.1 Å². The lowest BCUT2D eigenvalue weighted by molar-refractivity contribution is -0.120. The average Bonchev–Trinajstić information content (AvgIpc) is 2.64. The first-order valence-electron chi connectivity index (χ1n) is 8.24. The quantitative estimate of drug-likeness (QED) is 0.882. The van der Waals surface area contributed by atoms with E-state index >= 15 is 0 Å². The van der Waals surface area contributed by atoms with E-state index in [1.807, 2.05) is 24.3 Å². The molecule has 2 amide bonds. The molecule has 0 saturated carbocycles. The zero-order valence-corrected chi connectivity index (χ0v) is 14.7. The number of anilines is 2. The maximum atomic E-state index is 12.9. The first kappa shape index (κ1) is 17.3. The molecule has 130 valence electrons. The molecule has 5 nitrogen and oxygen atoms in total. The molecule has 0 radical (unpaired) electrons. The van der Waals surface area contributed by atoms with E-state index in [9.17, 15) is 9.59 Å². The van der Waals surface area contributed by atoms with Crippen LogP contribution in [0.3, 0.4) is 0 Å². The van der Waals surface area contributed by atoms with Crippen molar-refractivity contribution in [3.63, 3.8) is 0 Å². The van der Waals surface area contributed by atoms with Gasteiger partial charge < -0.3 is 15.5 Å². The molecule has 0 spiro atoms. The lowest BCUT2D eigenvalue weighted by atomic mass is 10.0. The number of rotatable bonds is 4. The van der Waals surface area contributed by atoms with Gasteiger partial charge in [-0.05, 0) is 43.2 Å². The number of hydrogen-bond donors (Lipinski definition) is 2. The monoisotopic (exact) mass is 357 g/mol. The Morgan fingerprint density at radius 2 is 2.00 bits per heavy atom. The minimum Gasteiger partial charge on any atom is -0.374 e. The van der Waals surface area contributed by atoms with E-state index in [-0.39, 0.29) is 17.9 Å². The maximum absolute atomic E-state index is 12.9. The van der Waals surface area contributed by atoms with Crippen LogP contribution >= 0.6 is 11.6 Å². The Labute approximate surface area is 152 Å². The van der Waals surface area contributed by atoms with E-state index in [1.54, 1.807) is 36.2 Å². The summed E-state index contributed by atoms with van der Waals surface area (Å²) in [5, 5.41) is 6.42. The fraction of sp³-hybridized carbons (Fsp3) is 0.263. The minimum atomic E-state index is -0.343. The van der Waals surface area contributed by atoms with Crippen LogP contribution in [0.4, 0.5) is 11.4 Å². The molecular formula is C19H20ClN3O2. The number of nitrogens with one attached hydrogen (secondary N) is 2. The van der Waals surface area contributed by atoms with Crippen LogP contribution in [0.25, 0.3) is 0 Å². The number of nitrogens with zero attached hydrogens (tertiary/aromatic N) is 1. The second-order valence-corrected chi connectivity index (χ2v) is 6.35. The van der Waals surface area contributed by atoms with Crippen molar-refractivity contribution in [3.8, 4) is 0 Å². The Morgan fingerprint density at radius 3 is 2.76 bits per heavy atom. The normalized spacial score (nSPS) is 17.3. The summed E-state index contributed by atoms with van der Waals surface area (Å²) in [5.74, 6) is -0.166. The van der Waals surface area contributed by atoms with Gasteiger partial charge in [0, 0.05) is 24.8 Å². The molecule has 1 atom stereocenters. The average molecular weight is 358 g/mol. The number of carbonyl (C=O) groups excluding carboxylic acids is 2. The van der Waals surface area contributed by atoms with Crippen molar-refractivity contribution in [3.05, 3.63) is 59.1 Å². The van der Waals surface area contributed by atoms with Crippen molar-refractivity contribution in [1.82, 2.24) is 5.32 Å². The van der Waals surface area contributed by atoms with Crippen molar-refractivity contribution in [2.45, 2.75) is 18.9 Å². The highest BCUT2D eigenvalue weighted by atomic mass is 35.5. The number of halogens is 1. The van der Waals surface area contributed by atoms with Crippen molar-refractivity contribution in [2.75, 3.05) is 23.8 Å². The number of piperidine rings is 1. The third-order valence-corrected chi connectivity index (χ3v) is 4.59. The molecule has 0 aliphatic carbocycles. The summed E-state index contributed by atoms with van der Waals surface area (Å²) in [6, 6.07) is 14.2. The fourth-order valence-electron chi connectivity index (χ4n) is 3.01. The Hall–Kier alpha value is -2.53. The molecular weight excluding hydrogens is 338 g/mol. The van der Waals surface area contributed by atoms with Crippen LogP contribution in [-0.4, -0.2) is 31.4 Å². The van der Waals surface area contributed by atoms with Crippen LogP contribution in [0.5, 0.6) is 0 Å². The molecule has 2 aromatic rings. The van der Waals surface area contributed by atoms with Gasteiger partial charge in [-0.25, -0.2) is 0 Å². The smallest absolute Gasteiger partial charge is 0.251 e. The summed E-state index contributed by atoms with van der Waals surface area (Å²) < 4.78 is 0. The van der Waals surface area contributed by atoms with Gasteiger partial charge in [0.2, 0.25) is 5.91 Å². The van der Waals surface area contributed by atoms with Crippen LogP contribution in [0.15, 0.2) is 48.5 Å². The van der Waals surface area contributed by atoms with Gasteiger partial charge >= 0.3 is 0 Å². The van der Waals surface area contributed by atoms with Crippen molar-refractivity contribution in [1.29, 1.82) is 0 Å². The molecule has 2 aromatic carbocycles. The Bertz CT molecular complexity index is 794. The summed E-state index contributed by atoms with van der Waals surface area (Å²) in [7, 11) is 1.59. The van der Waals surface area contributed by atoms with E-state index in [4.69, 9.17) is 11.6 Å². The summed E-state index contributed by atoms with van der Waals surface area (Å²) in [6.07, 6.45) is 1.62. The van der Waals surface area contributed by atoms with Crippen molar-refractivity contribution in [2.24, 2.45) is 0 Å². The summed E-state index contributed by atoms with van der Waals surface area (Å²) in [6.45, 7) is 0.652. The summed E-state index contributed by atoms with van der Waals surface area (Å²) >= 11 is 6.24. The highest BCUT2D eigenvalue weighted by Gasteiger charge is 2.30. The Morgan fingerprint density at radius 1 is 1.20 bits per heavy atom. The van der Waals surface area contributed by atoms with Crippen molar-refractivity contribution >= 4 is 34.8 Å². The largest absolute Gasteiger partial charge is 0.374 e. The second-order valence-electron chi connectivity index (χ2n) is 5.94. The SMILES string of the molecule is CNC(=O)c1cccc(NC2CCCN(c3ccccc3Cl)C2=O)c1. The van der Waals surface area contributed by atoms with Gasteiger partial charge in [-0.3, -0.25) is 9.59 Å². The lowest BCUT2D eigenvalue weighted by Crippen LogP contribution is -2.47. The third-order valence-electron chi connectivity index (χ3n) is 4.27. The van der Waals surface area contributed by atoms with Crippen LogP contribution in [0.1, 0.15) is 23.2 Å². The number of carbonyl (C=O) groups is 2. The standard InChI is InChI=1S/C19H20ClN3O2/c1-21-18(24)13-6-4-7-14(12-13)22-16-9-5-11-23(19(16)25)17-10-3-2-8-15(17)20/h2-4,6-8,10,12,16,22H,5,9,11H2,1H3,(H,21,24). The molecule has 0 bridgehead atoms. The van der Waals surface area contributed by atoms with Gasteiger partial charge in [-0.2, -0.15) is 0 Å². The number of para-hydroxylation sites is 1. The topological polar surface area (TPSA) is 61.4 Å². The second kappa shape index (κ2) is 7.57. The van der Waals surface area contributed by atoms with Crippen LogP contribution in [0.2, 0.25) is 5.02 Å². The summed E-state index contributed by atoms with van der Waals surface area (Å²) in [5.41, 5.74) is 2.04. The molecule has 3 rings (SSSR count). The predicted molar refractivity (Wildman–Crippen MR) is 100 cm³/mol. The molecule has 1 aliphatic rings. The van der Waals surface area contributed by atoms with Crippen molar-refractivity contribution < 1.29 is 9.59 Å². The molecule has 1 unspecified atom stereocenters. The molecule has 1 saturated heterocycles. The highest BCUT2D eigenvalue weighted by molar-refractivity contribution is 6.33. The molecule has 1 aliphatic heterocycles. The Kier molecular flexibility index (Phi) is 5.24. The lowest BCUT2D eigenvalue weighted by Gasteiger charge is -2.33. The van der Waals surface area contributed by atoms with Crippen LogP contribution < -0.4 is 15.5 Å². The fourth-order valence-corrected chi connectivity index (χ4v) is 3.25. The molecule has 1 heterocycles.